The van der Waals surface area contributed by atoms with Gasteiger partial charge in [-0.1, -0.05) is 82.6 Å². The van der Waals surface area contributed by atoms with Crippen LogP contribution in [0.15, 0.2) is 97.1 Å². The van der Waals surface area contributed by atoms with Crippen LogP contribution in [0.2, 0.25) is 0 Å². The Bertz CT molecular complexity index is 1660. The summed E-state index contributed by atoms with van der Waals surface area (Å²) in [7, 11) is 6.26. The van der Waals surface area contributed by atoms with Crippen LogP contribution in [0.3, 0.4) is 0 Å². The zero-order valence-corrected chi connectivity index (χ0v) is 32.5. The lowest BCUT2D eigenvalue weighted by Gasteiger charge is -2.56. The van der Waals surface area contributed by atoms with Gasteiger partial charge in [-0.2, -0.15) is 0 Å². The molecule has 10 heteroatoms. The molecule has 1 saturated carbocycles. The molecule has 54 heavy (non-hydrogen) atoms. The first kappa shape index (κ1) is 40.1. The molecule has 1 aliphatic carbocycles. The SMILES string of the molecule is COc1ccc(C(O)(c2ccc(OC)cc2)[C@@H](C(C)C)N(C(=O)C2(C(N)=O)CCC2)[C@H](C(C)C)C(O)(c2ccc(OC)cc2)c2ccc(OC)cc2)cc1. The highest BCUT2D eigenvalue weighted by molar-refractivity contribution is 6.05. The van der Waals surface area contributed by atoms with Crippen molar-refractivity contribution in [1.82, 2.24) is 4.90 Å². The van der Waals surface area contributed by atoms with E-state index in [1.54, 1.807) is 130 Å². The first-order valence-electron chi connectivity index (χ1n) is 18.4. The van der Waals surface area contributed by atoms with Crippen molar-refractivity contribution < 1.29 is 38.7 Å². The van der Waals surface area contributed by atoms with Gasteiger partial charge in [0.2, 0.25) is 11.8 Å². The average Bonchev–Trinajstić information content (AvgIpc) is 3.16. The van der Waals surface area contributed by atoms with Gasteiger partial charge in [0.1, 0.15) is 39.6 Å². The standard InChI is InChI=1S/C44H54N2O8/c1-28(2)38(43(49,30-10-18-34(51-5)19-11-30)31-12-20-35(52-6)21-13-31)46(41(48)42(40(45)47)26-9-27-42)39(29(3)4)44(50,32-14-22-36(53-7)23-15-32)33-16-24-37(54-8)25-17-33/h10-25,28-29,38-39,49-50H,9,26-27H2,1-8H3,(H2,45,47)/t38-,39-/m1/s1. The van der Waals surface area contributed by atoms with E-state index in [1.807, 2.05) is 27.7 Å². The molecule has 0 unspecified atom stereocenters. The van der Waals surface area contributed by atoms with E-state index in [1.165, 1.54) is 0 Å². The van der Waals surface area contributed by atoms with Crippen molar-refractivity contribution in [1.29, 1.82) is 0 Å². The number of aliphatic hydroxyl groups is 2. The van der Waals surface area contributed by atoms with Crippen LogP contribution in [0, 0.1) is 17.3 Å². The van der Waals surface area contributed by atoms with Gasteiger partial charge in [0.05, 0.1) is 40.5 Å². The molecule has 10 nitrogen and oxygen atoms in total. The van der Waals surface area contributed by atoms with Crippen LogP contribution >= 0.6 is 0 Å². The molecule has 2 amide bonds. The third-order valence-electron chi connectivity index (χ3n) is 11.2. The fourth-order valence-corrected chi connectivity index (χ4v) is 8.18. The molecule has 0 bridgehead atoms. The normalized spacial score (nSPS) is 15.2. The largest absolute Gasteiger partial charge is 0.497 e. The number of benzene rings is 4. The number of carbonyl (C=O) groups excluding carboxylic acids is 2. The number of nitrogens with zero attached hydrogens (tertiary/aromatic N) is 1. The molecule has 0 saturated heterocycles. The van der Waals surface area contributed by atoms with Crippen LogP contribution in [-0.4, -0.2) is 67.5 Å². The highest BCUT2D eigenvalue weighted by Crippen LogP contribution is 2.51. The predicted octanol–water partition coefficient (Wildman–Crippen LogP) is 6.43. The second-order valence-corrected chi connectivity index (χ2v) is 14.8. The molecule has 1 aliphatic rings. The minimum atomic E-state index is -1.90. The Kier molecular flexibility index (Phi) is 12.0. The number of methoxy groups -OCH3 is 4. The van der Waals surface area contributed by atoms with Crippen molar-refractivity contribution in [3.63, 3.8) is 0 Å². The number of rotatable bonds is 16. The van der Waals surface area contributed by atoms with Gasteiger partial charge in [-0.3, -0.25) is 9.59 Å². The molecular formula is C44H54N2O8. The lowest BCUT2D eigenvalue weighted by molar-refractivity contribution is -0.178. The van der Waals surface area contributed by atoms with E-state index < -0.39 is 52.4 Å². The van der Waals surface area contributed by atoms with Gasteiger partial charge in [-0.15, -0.1) is 0 Å². The molecule has 5 rings (SSSR count). The highest BCUT2D eigenvalue weighted by atomic mass is 16.5. The fraction of sp³-hybridized carbons (Fsp3) is 0.409. The van der Waals surface area contributed by atoms with Crippen LogP contribution in [0.1, 0.15) is 69.2 Å². The maximum atomic E-state index is 15.7. The van der Waals surface area contributed by atoms with E-state index in [-0.39, 0.29) is 12.8 Å². The lowest BCUT2D eigenvalue weighted by atomic mass is 9.64. The van der Waals surface area contributed by atoms with Crippen molar-refractivity contribution in [3.8, 4) is 23.0 Å². The minimum absolute atomic E-state index is 0.250. The number of ether oxygens (including phenoxy) is 4. The first-order chi connectivity index (χ1) is 25.7. The first-order valence-corrected chi connectivity index (χ1v) is 18.4. The molecule has 2 atom stereocenters. The fourth-order valence-electron chi connectivity index (χ4n) is 8.18. The van der Waals surface area contributed by atoms with Crippen LogP contribution < -0.4 is 24.7 Å². The number of hydrogen-bond donors (Lipinski definition) is 3. The van der Waals surface area contributed by atoms with E-state index in [4.69, 9.17) is 24.7 Å². The van der Waals surface area contributed by atoms with Gasteiger partial charge in [-0.25, -0.2) is 0 Å². The summed E-state index contributed by atoms with van der Waals surface area (Å²) in [6.07, 6.45) is 1.13. The van der Waals surface area contributed by atoms with E-state index in [0.29, 0.717) is 51.7 Å². The molecule has 4 N–H and O–H groups in total. The summed E-state index contributed by atoms with van der Waals surface area (Å²) in [5.74, 6) is 0.153. The Hall–Kier alpha value is -5.06. The smallest absolute Gasteiger partial charge is 0.239 e. The lowest BCUT2D eigenvalue weighted by Crippen LogP contribution is -2.69. The summed E-state index contributed by atoms with van der Waals surface area (Å²) in [6.45, 7) is 7.71. The van der Waals surface area contributed by atoms with Crippen molar-refractivity contribution in [3.05, 3.63) is 119 Å². The molecule has 0 radical (unpaired) electrons. The third-order valence-corrected chi connectivity index (χ3v) is 11.2. The number of hydrogen-bond acceptors (Lipinski definition) is 8. The van der Waals surface area contributed by atoms with E-state index >= 15 is 4.79 Å². The zero-order chi connectivity index (χ0) is 39.4. The molecule has 0 aliphatic heterocycles. The molecule has 0 aromatic heterocycles. The van der Waals surface area contributed by atoms with Crippen molar-refractivity contribution >= 4 is 11.8 Å². The summed E-state index contributed by atoms with van der Waals surface area (Å²) in [6, 6.07) is 26.1. The van der Waals surface area contributed by atoms with E-state index in [9.17, 15) is 15.0 Å². The Morgan fingerprint density at radius 1 is 0.574 bits per heavy atom. The van der Waals surface area contributed by atoms with Gasteiger partial charge in [0.25, 0.3) is 0 Å². The minimum Gasteiger partial charge on any atom is -0.497 e. The van der Waals surface area contributed by atoms with Gasteiger partial charge in [0, 0.05) is 0 Å². The van der Waals surface area contributed by atoms with Crippen LogP contribution in [-0.2, 0) is 20.8 Å². The second kappa shape index (κ2) is 16.1. The maximum absolute atomic E-state index is 15.7. The summed E-state index contributed by atoms with van der Waals surface area (Å²) < 4.78 is 21.9. The average molecular weight is 739 g/mol. The molecule has 4 aromatic carbocycles. The van der Waals surface area contributed by atoms with Crippen LogP contribution in [0.25, 0.3) is 0 Å². The van der Waals surface area contributed by atoms with Gasteiger partial charge in [-0.05, 0) is 95.5 Å². The topological polar surface area (TPSA) is 141 Å². The predicted molar refractivity (Wildman–Crippen MR) is 208 cm³/mol. The molecular weight excluding hydrogens is 684 g/mol. The molecule has 0 spiro atoms. The van der Waals surface area contributed by atoms with Gasteiger partial charge >= 0.3 is 0 Å². The maximum Gasteiger partial charge on any atom is 0.239 e. The summed E-state index contributed by atoms with van der Waals surface area (Å²) in [5.41, 5.74) is 2.71. The number of nitrogens with two attached hydrogens (primary N) is 1. The zero-order valence-electron chi connectivity index (χ0n) is 32.5. The molecule has 0 heterocycles. The van der Waals surface area contributed by atoms with Gasteiger partial charge < -0.3 is 39.8 Å². The van der Waals surface area contributed by atoms with Crippen molar-refractivity contribution in [2.24, 2.45) is 23.0 Å². The Morgan fingerprint density at radius 2 is 0.833 bits per heavy atom. The number of primary amides is 1. The molecule has 1 fully saturated rings. The Labute approximate surface area is 318 Å². The van der Waals surface area contributed by atoms with Crippen LogP contribution in [0.4, 0.5) is 0 Å². The Morgan fingerprint density at radius 3 is 1.00 bits per heavy atom. The van der Waals surface area contributed by atoms with Crippen molar-refractivity contribution in [2.75, 3.05) is 28.4 Å². The second-order valence-electron chi connectivity index (χ2n) is 14.8. The van der Waals surface area contributed by atoms with Crippen molar-refractivity contribution in [2.45, 2.75) is 70.2 Å². The quantitative estimate of drug-likeness (QED) is 0.112. The summed E-state index contributed by atoms with van der Waals surface area (Å²) >= 11 is 0. The van der Waals surface area contributed by atoms with E-state index in [0.717, 1.165) is 0 Å². The highest BCUT2D eigenvalue weighted by Gasteiger charge is 2.60. The molecule has 4 aromatic rings. The van der Waals surface area contributed by atoms with Crippen LogP contribution in [0.5, 0.6) is 23.0 Å². The van der Waals surface area contributed by atoms with E-state index in [2.05, 4.69) is 0 Å². The van der Waals surface area contributed by atoms with Gasteiger partial charge in [0.15, 0.2) is 0 Å². The number of amides is 2. The monoisotopic (exact) mass is 738 g/mol. The molecule has 288 valence electrons. The third kappa shape index (κ3) is 7.00. The summed E-state index contributed by atoms with van der Waals surface area (Å²) in [5, 5.41) is 27.4. The number of carbonyl (C=O) groups is 2. The summed E-state index contributed by atoms with van der Waals surface area (Å²) in [4.78, 5) is 30.8. The Balaban J connectivity index is 1.91.